The Morgan fingerprint density at radius 2 is 2.42 bits per heavy atom. The Kier molecular flexibility index (Phi) is 2.94. The number of rotatable bonds is 1. The molecule has 1 aliphatic rings. The van der Waals surface area contributed by atoms with Gasteiger partial charge in [0.15, 0.2) is 0 Å². The van der Waals surface area contributed by atoms with Gasteiger partial charge in [0.25, 0.3) is 0 Å². The summed E-state index contributed by atoms with van der Waals surface area (Å²) in [5.74, 6) is 6.23. The van der Waals surface area contributed by atoms with Gasteiger partial charge in [-0.15, -0.1) is 5.92 Å². The van der Waals surface area contributed by atoms with E-state index >= 15 is 0 Å². The van der Waals surface area contributed by atoms with Gasteiger partial charge in [0.2, 0.25) is 0 Å². The van der Waals surface area contributed by atoms with E-state index in [2.05, 4.69) is 24.8 Å². The number of hydrogen-bond donors (Lipinski definition) is 1. The zero-order chi connectivity index (χ0) is 9.03. The second-order valence-corrected chi connectivity index (χ2v) is 3.37. The van der Waals surface area contributed by atoms with Crippen molar-refractivity contribution in [3.8, 4) is 11.8 Å². The number of allylic oxidation sites excluding steroid dienone is 1. The maximum Gasteiger partial charge on any atom is 0.144 e. The fraction of sp³-hybridized carbons (Fsp3) is 0.636. The number of aliphatic hydroxyl groups is 1. The summed E-state index contributed by atoms with van der Waals surface area (Å²) >= 11 is 0. The molecule has 0 saturated heterocycles. The molecule has 0 bridgehead atoms. The van der Waals surface area contributed by atoms with Gasteiger partial charge in [0.1, 0.15) is 5.60 Å². The highest BCUT2D eigenvalue weighted by Crippen LogP contribution is 2.26. The summed E-state index contributed by atoms with van der Waals surface area (Å²) < 4.78 is 0. The van der Waals surface area contributed by atoms with Crippen molar-refractivity contribution in [2.24, 2.45) is 5.92 Å². The highest BCUT2D eigenvalue weighted by Gasteiger charge is 2.25. The lowest BCUT2D eigenvalue weighted by Gasteiger charge is -2.25. The summed E-state index contributed by atoms with van der Waals surface area (Å²) in [6.07, 6.45) is 6.93. The maximum absolute atomic E-state index is 9.82. The van der Waals surface area contributed by atoms with Crippen molar-refractivity contribution >= 4 is 0 Å². The third kappa shape index (κ3) is 2.12. The van der Waals surface area contributed by atoms with Crippen molar-refractivity contribution < 1.29 is 5.11 Å². The van der Waals surface area contributed by atoms with E-state index in [-0.39, 0.29) is 0 Å². The Morgan fingerprint density at radius 3 is 2.83 bits per heavy atom. The monoisotopic (exact) mass is 164 g/mol. The first kappa shape index (κ1) is 9.35. The van der Waals surface area contributed by atoms with Gasteiger partial charge in [-0.3, -0.25) is 0 Å². The summed E-state index contributed by atoms with van der Waals surface area (Å²) in [6, 6.07) is 0. The first-order valence-corrected chi connectivity index (χ1v) is 4.56. The van der Waals surface area contributed by atoms with E-state index in [1.54, 1.807) is 6.92 Å². The van der Waals surface area contributed by atoms with Crippen molar-refractivity contribution in [3.63, 3.8) is 0 Å². The van der Waals surface area contributed by atoms with Gasteiger partial charge in [0, 0.05) is 0 Å². The molecule has 2 atom stereocenters. The molecular formula is C11H16O. The fourth-order valence-corrected chi connectivity index (χ4v) is 1.54. The Labute approximate surface area is 74.5 Å². The zero-order valence-corrected chi connectivity index (χ0v) is 7.80. The van der Waals surface area contributed by atoms with Gasteiger partial charge in [-0.25, -0.2) is 0 Å². The summed E-state index contributed by atoms with van der Waals surface area (Å²) in [4.78, 5) is 0. The van der Waals surface area contributed by atoms with E-state index in [1.807, 2.05) is 6.08 Å². The van der Waals surface area contributed by atoms with E-state index in [0.29, 0.717) is 5.92 Å². The van der Waals surface area contributed by atoms with Crippen LogP contribution in [0.5, 0.6) is 0 Å². The molecule has 1 rings (SSSR count). The summed E-state index contributed by atoms with van der Waals surface area (Å²) in [6.45, 7) is 3.93. The molecule has 66 valence electrons. The standard InChI is InChI=1S/C11H16O/c1-3-7-11(12)8-5-10(4-2)6-9-11/h5,8,10,12H,4,6,9H2,1-2H3. The van der Waals surface area contributed by atoms with E-state index < -0.39 is 5.60 Å². The van der Waals surface area contributed by atoms with Crippen LogP contribution in [0, 0.1) is 17.8 Å². The fourth-order valence-electron chi connectivity index (χ4n) is 1.54. The van der Waals surface area contributed by atoms with Crippen LogP contribution in [0.2, 0.25) is 0 Å². The molecule has 1 heteroatoms. The molecule has 0 fully saturated rings. The van der Waals surface area contributed by atoms with Crippen LogP contribution in [0.25, 0.3) is 0 Å². The van der Waals surface area contributed by atoms with Crippen LogP contribution >= 0.6 is 0 Å². The van der Waals surface area contributed by atoms with Gasteiger partial charge in [0.05, 0.1) is 0 Å². The molecule has 0 aliphatic heterocycles. The van der Waals surface area contributed by atoms with Crippen LogP contribution in [-0.2, 0) is 0 Å². The lowest BCUT2D eigenvalue weighted by Crippen LogP contribution is -2.27. The van der Waals surface area contributed by atoms with Crippen LogP contribution in [0.4, 0.5) is 0 Å². The van der Waals surface area contributed by atoms with E-state index in [9.17, 15) is 5.11 Å². The molecule has 0 aromatic rings. The SMILES string of the molecule is CC#CC1(O)C=CC(CC)CC1. The van der Waals surface area contributed by atoms with Crippen LogP contribution in [0.1, 0.15) is 33.1 Å². The van der Waals surface area contributed by atoms with Gasteiger partial charge >= 0.3 is 0 Å². The Hall–Kier alpha value is -0.740. The molecule has 1 N–H and O–H groups in total. The average molecular weight is 164 g/mol. The van der Waals surface area contributed by atoms with Gasteiger partial charge in [-0.2, -0.15) is 0 Å². The lowest BCUT2D eigenvalue weighted by atomic mass is 9.84. The van der Waals surface area contributed by atoms with E-state index in [0.717, 1.165) is 19.3 Å². The first-order valence-electron chi connectivity index (χ1n) is 4.56. The second-order valence-electron chi connectivity index (χ2n) is 3.37. The molecule has 0 amide bonds. The minimum atomic E-state index is -0.833. The van der Waals surface area contributed by atoms with Gasteiger partial charge in [-0.05, 0) is 38.2 Å². The zero-order valence-electron chi connectivity index (χ0n) is 7.80. The molecule has 0 spiro atoms. The van der Waals surface area contributed by atoms with E-state index in [1.165, 1.54) is 0 Å². The average Bonchev–Trinajstić information content (AvgIpc) is 2.06. The molecule has 1 aliphatic carbocycles. The first-order chi connectivity index (χ1) is 5.70. The molecule has 0 aromatic heterocycles. The van der Waals surface area contributed by atoms with Gasteiger partial charge in [-0.1, -0.05) is 18.9 Å². The molecule has 0 heterocycles. The Balaban J connectivity index is 2.67. The summed E-state index contributed by atoms with van der Waals surface area (Å²) in [5.41, 5.74) is -0.833. The van der Waals surface area contributed by atoms with Gasteiger partial charge < -0.3 is 5.11 Å². The third-order valence-corrected chi connectivity index (χ3v) is 2.41. The minimum Gasteiger partial charge on any atom is -0.374 e. The van der Waals surface area contributed by atoms with Crippen molar-refractivity contribution in [1.29, 1.82) is 0 Å². The smallest absolute Gasteiger partial charge is 0.144 e. The predicted molar refractivity (Wildman–Crippen MR) is 50.6 cm³/mol. The van der Waals surface area contributed by atoms with Crippen molar-refractivity contribution in [2.75, 3.05) is 0 Å². The molecule has 0 aromatic carbocycles. The molecule has 1 nitrogen and oxygen atoms in total. The largest absolute Gasteiger partial charge is 0.374 e. The Bertz CT molecular complexity index is 231. The van der Waals surface area contributed by atoms with Crippen LogP contribution in [-0.4, -0.2) is 10.7 Å². The highest BCUT2D eigenvalue weighted by atomic mass is 16.3. The van der Waals surface area contributed by atoms with Crippen molar-refractivity contribution in [2.45, 2.75) is 38.7 Å². The second kappa shape index (κ2) is 3.78. The van der Waals surface area contributed by atoms with E-state index in [4.69, 9.17) is 0 Å². The molecule has 0 radical (unpaired) electrons. The van der Waals surface area contributed by atoms with Crippen molar-refractivity contribution in [3.05, 3.63) is 12.2 Å². The molecule has 2 unspecified atom stereocenters. The van der Waals surface area contributed by atoms with Crippen LogP contribution in [0.3, 0.4) is 0 Å². The topological polar surface area (TPSA) is 20.2 Å². The maximum atomic E-state index is 9.82. The quantitative estimate of drug-likeness (QED) is 0.465. The summed E-state index contributed by atoms with van der Waals surface area (Å²) in [7, 11) is 0. The Morgan fingerprint density at radius 1 is 1.67 bits per heavy atom. The normalized spacial score (nSPS) is 34.1. The highest BCUT2D eigenvalue weighted by molar-refractivity contribution is 5.24. The number of hydrogen-bond acceptors (Lipinski definition) is 1. The van der Waals surface area contributed by atoms with Crippen LogP contribution < -0.4 is 0 Å². The van der Waals surface area contributed by atoms with Crippen molar-refractivity contribution in [1.82, 2.24) is 0 Å². The molecular weight excluding hydrogens is 148 g/mol. The third-order valence-electron chi connectivity index (χ3n) is 2.41. The molecule has 12 heavy (non-hydrogen) atoms. The predicted octanol–water partition coefficient (Wildman–Crippen LogP) is 2.12. The summed E-state index contributed by atoms with van der Waals surface area (Å²) in [5, 5.41) is 9.82. The lowest BCUT2D eigenvalue weighted by molar-refractivity contribution is 0.127. The molecule has 0 saturated carbocycles. The minimum absolute atomic E-state index is 0.643. The van der Waals surface area contributed by atoms with Crippen LogP contribution in [0.15, 0.2) is 12.2 Å².